The van der Waals surface area contributed by atoms with E-state index in [9.17, 15) is 0 Å². The molecule has 4 nitrogen and oxygen atoms in total. The molecule has 2 heterocycles. The molecule has 0 aromatic carbocycles. The maximum absolute atomic E-state index is 5.45. The highest BCUT2D eigenvalue weighted by atomic mass is 15.2. The Morgan fingerprint density at radius 1 is 1.62 bits per heavy atom. The Kier molecular flexibility index (Phi) is 2.49. The average molecular weight is 180 g/mol. The summed E-state index contributed by atoms with van der Waals surface area (Å²) in [6.45, 7) is 2.89. The summed E-state index contributed by atoms with van der Waals surface area (Å²) in [6.07, 6.45) is 5.35. The third-order valence-electron chi connectivity index (χ3n) is 2.32. The van der Waals surface area contributed by atoms with Gasteiger partial charge in [0.15, 0.2) is 0 Å². The maximum atomic E-state index is 5.45. The van der Waals surface area contributed by atoms with E-state index in [-0.39, 0.29) is 0 Å². The van der Waals surface area contributed by atoms with Crippen LogP contribution < -0.4 is 11.1 Å². The molecule has 0 unspecified atom stereocenters. The van der Waals surface area contributed by atoms with Gasteiger partial charge in [0.2, 0.25) is 5.95 Å². The van der Waals surface area contributed by atoms with Gasteiger partial charge >= 0.3 is 0 Å². The van der Waals surface area contributed by atoms with Gasteiger partial charge in [0.1, 0.15) is 0 Å². The number of nitrogens with zero attached hydrogens (tertiary/aromatic N) is 2. The lowest BCUT2D eigenvalue weighted by Gasteiger charge is -2.14. The Labute approximate surface area is 78.1 Å². The van der Waals surface area contributed by atoms with E-state index in [1.165, 1.54) is 6.42 Å². The number of hydrogen-bond donors (Lipinski definition) is 2. The van der Waals surface area contributed by atoms with Gasteiger partial charge in [0.05, 0.1) is 5.69 Å². The highest BCUT2D eigenvalue weighted by Crippen LogP contribution is 2.14. The highest BCUT2D eigenvalue weighted by molar-refractivity contribution is 5.30. The van der Waals surface area contributed by atoms with Crippen LogP contribution in [0, 0.1) is 0 Å². The lowest BCUT2D eigenvalue weighted by Crippen LogP contribution is -2.16. The van der Waals surface area contributed by atoms with Crippen molar-refractivity contribution < 1.29 is 0 Å². The fourth-order valence-electron chi connectivity index (χ4n) is 1.63. The molecular weight excluding hydrogens is 164 g/mol. The second-order valence-corrected chi connectivity index (χ2v) is 3.42. The molecule has 13 heavy (non-hydrogen) atoms. The molecule has 0 saturated carbocycles. The smallest absolute Gasteiger partial charge is 0.203 e. The van der Waals surface area contributed by atoms with E-state index in [1.54, 1.807) is 0 Å². The van der Waals surface area contributed by atoms with Crippen molar-refractivity contribution in [1.29, 1.82) is 0 Å². The number of imidazole rings is 1. The minimum absolute atomic E-state index is 0.746. The van der Waals surface area contributed by atoms with Crippen LogP contribution in [0.25, 0.3) is 0 Å². The molecular formula is C9H16N4. The Bertz CT molecular complexity index is 256. The molecule has 0 fully saturated rings. The molecule has 2 rings (SSSR count). The molecule has 0 atom stereocenters. The molecule has 0 amide bonds. The van der Waals surface area contributed by atoms with Crippen molar-refractivity contribution in [2.75, 3.05) is 18.4 Å². The molecule has 1 aromatic heterocycles. The first-order valence-corrected chi connectivity index (χ1v) is 4.90. The van der Waals surface area contributed by atoms with Crippen LogP contribution in [0.15, 0.2) is 6.20 Å². The van der Waals surface area contributed by atoms with Crippen LogP contribution in [-0.2, 0) is 13.0 Å². The summed E-state index contributed by atoms with van der Waals surface area (Å²) in [5, 5.41) is 3.28. The summed E-state index contributed by atoms with van der Waals surface area (Å²) in [4.78, 5) is 4.48. The van der Waals surface area contributed by atoms with Crippen molar-refractivity contribution in [3.63, 3.8) is 0 Å². The fraction of sp³-hybridized carbons (Fsp3) is 0.667. The minimum atomic E-state index is 0.746. The number of fused-ring (bicyclic) bond motifs is 1. The molecule has 72 valence electrons. The van der Waals surface area contributed by atoms with Gasteiger partial charge in [0, 0.05) is 19.3 Å². The third-order valence-corrected chi connectivity index (χ3v) is 2.32. The third kappa shape index (κ3) is 1.83. The Balaban J connectivity index is 2.07. The Morgan fingerprint density at radius 2 is 2.54 bits per heavy atom. The number of nitrogens with one attached hydrogen (secondary N) is 1. The van der Waals surface area contributed by atoms with Crippen molar-refractivity contribution in [3.8, 4) is 0 Å². The van der Waals surface area contributed by atoms with Crippen LogP contribution >= 0.6 is 0 Å². The van der Waals surface area contributed by atoms with E-state index in [1.807, 2.05) is 0 Å². The van der Waals surface area contributed by atoms with Crippen molar-refractivity contribution >= 4 is 5.95 Å². The van der Waals surface area contributed by atoms with Gasteiger partial charge in [-0.3, -0.25) is 0 Å². The molecule has 0 radical (unpaired) electrons. The topological polar surface area (TPSA) is 55.9 Å². The van der Waals surface area contributed by atoms with Gasteiger partial charge < -0.3 is 15.6 Å². The molecule has 3 N–H and O–H groups in total. The Hall–Kier alpha value is -1.03. The average Bonchev–Trinajstić information content (AvgIpc) is 2.57. The normalized spacial score (nSPS) is 15.2. The van der Waals surface area contributed by atoms with Crippen molar-refractivity contribution in [2.24, 2.45) is 5.73 Å². The van der Waals surface area contributed by atoms with Crippen LogP contribution in [0.4, 0.5) is 5.95 Å². The van der Waals surface area contributed by atoms with Gasteiger partial charge in [-0.1, -0.05) is 0 Å². The van der Waals surface area contributed by atoms with Crippen LogP contribution in [0.3, 0.4) is 0 Å². The summed E-state index contributed by atoms with van der Waals surface area (Å²) < 4.78 is 2.19. The summed E-state index contributed by atoms with van der Waals surface area (Å²) in [5.74, 6) is 1.03. The number of anilines is 1. The predicted octanol–water partition coefficient (Wildman–Crippen LogP) is 0.590. The largest absolute Gasteiger partial charge is 0.356 e. The second-order valence-electron chi connectivity index (χ2n) is 3.42. The minimum Gasteiger partial charge on any atom is -0.356 e. The first-order chi connectivity index (χ1) is 6.40. The van der Waals surface area contributed by atoms with Crippen molar-refractivity contribution in [2.45, 2.75) is 25.8 Å². The monoisotopic (exact) mass is 180 g/mol. The lowest BCUT2D eigenvalue weighted by molar-refractivity contribution is 0.627. The molecule has 1 aliphatic heterocycles. The number of aromatic nitrogens is 2. The van der Waals surface area contributed by atoms with Crippen LogP contribution in [0.1, 0.15) is 18.5 Å². The summed E-state index contributed by atoms with van der Waals surface area (Å²) >= 11 is 0. The van der Waals surface area contributed by atoms with Crippen molar-refractivity contribution in [1.82, 2.24) is 9.55 Å². The number of aryl methyl sites for hydroxylation is 2. The molecule has 0 aliphatic carbocycles. The van der Waals surface area contributed by atoms with Crippen LogP contribution in [0.2, 0.25) is 0 Å². The van der Waals surface area contributed by atoms with E-state index in [4.69, 9.17) is 5.73 Å². The second kappa shape index (κ2) is 3.79. The van der Waals surface area contributed by atoms with Crippen molar-refractivity contribution in [3.05, 3.63) is 11.9 Å². The molecule has 1 aromatic rings. The summed E-state index contributed by atoms with van der Waals surface area (Å²) in [6, 6.07) is 0. The first-order valence-electron chi connectivity index (χ1n) is 4.90. The fourth-order valence-corrected chi connectivity index (χ4v) is 1.63. The zero-order valence-electron chi connectivity index (χ0n) is 7.79. The molecule has 4 heteroatoms. The van der Waals surface area contributed by atoms with Gasteiger partial charge in [-0.15, -0.1) is 0 Å². The first kappa shape index (κ1) is 8.56. The lowest BCUT2D eigenvalue weighted by atomic mass is 10.2. The van der Waals surface area contributed by atoms with E-state index in [0.29, 0.717) is 0 Å². The van der Waals surface area contributed by atoms with Gasteiger partial charge in [-0.05, 0) is 25.8 Å². The number of hydrogen-bond acceptors (Lipinski definition) is 3. The zero-order valence-corrected chi connectivity index (χ0v) is 7.79. The van der Waals surface area contributed by atoms with Crippen LogP contribution in [-0.4, -0.2) is 22.6 Å². The SMILES string of the molecule is NCCCc1cn2c(n1)NCCC2. The quantitative estimate of drug-likeness (QED) is 0.715. The van der Waals surface area contributed by atoms with E-state index in [0.717, 1.165) is 44.1 Å². The van der Waals surface area contributed by atoms with E-state index in [2.05, 4.69) is 21.1 Å². The zero-order chi connectivity index (χ0) is 9.10. The Morgan fingerprint density at radius 3 is 3.31 bits per heavy atom. The maximum Gasteiger partial charge on any atom is 0.203 e. The summed E-state index contributed by atoms with van der Waals surface area (Å²) in [5.41, 5.74) is 6.61. The summed E-state index contributed by atoms with van der Waals surface area (Å²) in [7, 11) is 0. The molecule has 0 bridgehead atoms. The van der Waals surface area contributed by atoms with Crippen LogP contribution in [0.5, 0.6) is 0 Å². The standard InChI is InChI=1S/C9H16N4/c10-4-1-3-8-7-13-6-2-5-11-9(13)12-8/h7H,1-6,10H2,(H,11,12). The highest BCUT2D eigenvalue weighted by Gasteiger charge is 2.10. The number of nitrogens with two attached hydrogens (primary N) is 1. The molecule has 0 saturated heterocycles. The van der Waals surface area contributed by atoms with E-state index < -0.39 is 0 Å². The van der Waals surface area contributed by atoms with Gasteiger partial charge in [-0.2, -0.15) is 0 Å². The van der Waals surface area contributed by atoms with E-state index >= 15 is 0 Å². The van der Waals surface area contributed by atoms with Gasteiger partial charge in [-0.25, -0.2) is 4.98 Å². The van der Waals surface area contributed by atoms with Gasteiger partial charge in [0.25, 0.3) is 0 Å². The predicted molar refractivity (Wildman–Crippen MR) is 52.7 cm³/mol. The number of rotatable bonds is 3. The molecule has 0 spiro atoms. The molecule has 1 aliphatic rings.